The van der Waals surface area contributed by atoms with Gasteiger partial charge in [-0.1, -0.05) is 0 Å². The van der Waals surface area contributed by atoms with E-state index < -0.39 is 5.54 Å². The van der Waals surface area contributed by atoms with Crippen LogP contribution in [0.3, 0.4) is 0 Å². The Morgan fingerprint density at radius 3 is 2.67 bits per heavy atom. The molecule has 0 bridgehead atoms. The Bertz CT molecular complexity index is 272. The van der Waals surface area contributed by atoms with Crippen molar-refractivity contribution in [3.63, 3.8) is 0 Å². The van der Waals surface area contributed by atoms with Crippen LogP contribution in [0.5, 0.6) is 0 Å². The Labute approximate surface area is 90.5 Å². The molecule has 3 N–H and O–H groups in total. The maximum atomic E-state index is 11.7. The van der Waals surface area contributed by atoms with Crippen LogP contribution in [0.25, 0.3) is 0 Å². The molecule has 2 rings (SSSR count). The average Bonchev–Trinajstić information content (AvgIpc) is 2.83. The van der Waals surface area contributed by atoms with Gasteiger partial charge in [0.05, 0.1) is 11.1 Å². The third-order valence-electron chi connectivity index (χ3n) is 3.27. The minimum Gasteiger partial charge on any atom is -0.375 e. The van der Waals surface area contributed by atoms with Gasteiger partial charge in [0.1, 0.15) is 0 Å². The second-order valence-electron chi connectivity index (χ2n) is 5.43. The van der Waals surface area contributed by atoms with Gasteiger partial charge in [0.2, 0.25) is 5.91 Å². The molecule has 0 spiro atoms. The number of ether oxygens (including phenoxy) is 1. The molecule has 0 aromatic heterocycles. The lowest BCUT2D eigenvalue weighted by molar-refractivity contribution is -0.126. The van der Waals surface area contributed by atoms with Gasteiger partial charge in [-0.3, -0.25) is 4.79 Å². The monoisotopic (exact) mass is 212 g/mol. The zero-order valence-corrected chi connectivity index (χ0v) is 9.51. The molecule has 1 heterocycles. The van der Waals surface area contributed by atoms with E-state index in [1.165, 1.54) is 0 Å². The molecule has 1 saturated heterocycles. The number of rotatable bonds is 2. The fraction of sp³-hybridized carbons (Fsp3) is 0.909. The Morgan fingerprint density at radius 2 is 2.13 bits per heavy atom. The second kappa shape index (κ2) is 3.46. The quantitative estimate of drug-likeness (QED) is 0.702. The lowest BCUT2D eigenvalue weighted by atomic mass is 9.93. The smallest absolute Gasteiger partial charge is 0.240 e. The highest BCUT2D eigenvalue weighted by Crippen LogP contribution is 2.33. The van der Waals surface area contributed by atoms with Gasteiger partial charge >= 0.3 is 0 Å². The molecule has 1 aliphatic carbocycles. The van der Waals surface area contributed by atoms with Crippen molar-refractivity contribution >= 4 is 5.91 Å². The second-order valence-corrected chi connectivity index (χ2v) is 5.43. The highest BCUT2D eigenvalue weighted by molar-refractivity contribution is 5.89. The Morgan fingerprint density at radius 1 is 1.47 bits per heavy atom. The standard InChI is InChI=1S/C11H20N2O2/c1-10(2)7-8(3-6-15-10)13-9(14)11(12)4-5-11/h8H,3-7,12H2,1-2H3,(H,13,14). The largest absolute Gasteiger partial charge is 0.375 e. The minimum atomic E-state index is -0.553. The number of nitrogens with two attached hydrogens (primary N) is 1. The van der Waals surface area contributed by atoms with Crippen LogP contribution in [0, 0.1) is 0 Å². The van der Waals surface area contributed by atoms with E-state index in [0.29, 0.717) is 0 Å². The van der Waals surface area contributed by atoms with E-state index in [-0.39, 0.29) is 17.6 Å². The van der Waals surface area contributed by atoms with Gasteiger partial charge in [-0.2, -0.15) is 0 Å². The molecule has 1 amide bonds. The van der Waals surface area contributed by atoms with Gasteiger partial charge in [0, 0.05) is 12.6 Å². The van der Waals surface area contributed by atoms with Crippen molar-refractivity contribution in [3.8, 4) is 0 Å². The first-order valence-electron chi connectivity index (χ1n) is 5.65. The van der Waals surface area contributed by atoms with Gasteiger partial charge < -0.3 is 15.8 Å². The molecule has 0 aromatic carbocycles. The van der Waals surface area contributed by atoms with Crippen LogP contribution in [0.4, 0.5) is 0 Å². The van der Waals surface area contributed by atoms with Gasteiger partial charge in [-0.15, -0.1) is 0 Å². The number of hydrogen-bond donors (Lipinski definition) is 2. The summed E-state index contributed by atoms with van der Waals surface area (Å²) >= 11 is 0. The number of amides is 1. The predicted octanol–water partition coefficient (Wildman–Crippen LogP) is 0.551. The molecular formula is C11H20N2O2. The number of hydrogen-bond acceptors (Lipinski definition) is 3. The summed E-state index contributed by atoms with van der Waals surface area (Å²) in [5.41, 5.74) is 5.15. The predicted molar refractivity (Wildman–Crippen MR) is 57.3 cm³/mol. The van der Waals surface area contributed by atoms with Crippen molar-refractivity contribution < 1.29 is 9.53 Å². The maximum Gasteiger partial charge on any atom is 0.240 e. The number of carbonyl (C=O) groups excluding carboxylic acids is 1. The van der Waals surface area contributed by atoms with Crippen LogP contribution in [0.1, 0.15) is 39.5 Å². The number of nitrogens with one attached hydrogen (secondary N) is 1. The highest BCUT2D eigenvalue weighted by atomic mass is 16.5. The van der Waals surface area contributed by atoms with E-state index in [0.717, 1.165) is 32.3 Å². The third-order valence-corrected chi connectivity index (χ3v) is 3.27. The van der Waals surface area contributed by atoms with Crippen molar-refractivity contribution in [2.24, 2.45) is 5.73 Å². The normalized spacial score (nSPS) is 32.1. The topological polar surface area (TPSA) is 64.4 Å². The molecule has 15 heavy (non-hydrogen) atoms. The Balaban J connectivity index is 1.86. The van der Waals surface area contributed by atoms with Crippen LogP contribution >= 0.6 is 0 Å². The molecule has 4 nitrogen and oxygen atoms in total. The summed E-state index contributed by atoms with van der Waals surface area (Å²) in [6.07, 6.45) is 3.41. The van der Waals surface area contributed by atoms with E-state index >= 15 is 0 Å². The highest BCUT2D eigenvalue weighted by Gasteiger charge is 2.46. The lowest BCUT2D eigenvalue weighted by Crippen LogP contribution is -2.51. The zero-order valence-electron chi connectivity index (χ0n) is 9.51. The van der Waals surface area contributed by atoms with E-state index in [2.05, 4.69) is 19.2 Å². The first kappa shape index (κ1) is 10.9. The fourth-order valence-electron chi connectivity index (χ4n) is 2.05. The van der Waals surface area contributed by atoms with Crippen LogP contribution in [-0.2, 0) is 9.53 Å². The van der Waals surface area contributed by atoms with Gasteiger partial charge in [0.15, 0.2) is 0 Å². The summed E-state index contributed by atoms with van der Waals surface area (Å²) in [6, 6.07) is 0.224. The molecule has 2 aliphatic rings. The fourth-order valence-corrected chi connectivity index (χ4v) is 2.05. The van der Waals surface area contributed by atoms with Crippen molar-refractivity contribution in [3.05, 3.63) is 0 Å². The molecule has 1 atom stereocenters. The first-order chi connectivity index (χ1) is 6.91. The van der Waals surface area contributed by atoms with Gasteiger partial charge in [-0.05, 0) is 39.5 Å². The van der Waals surface area contributed by atoms with Crippen LogP contribution < -0.4 is 11.1 Å². The molecule has 0 radical (unpaired) electrons. The van der Waals surface area contributed by atoms with E-state index in [1.54, 1.807) is 0 Å². The van der Waals surface area contributed by atoms with Crippen molar-refractivity contribution in [2.45, 2.75) is 56.7 Å². The van der Waals surface area contributed by atoms with Crippen LogP contribution in [0.2, 0.25) is 0 Å². The summed E-state index contributed by atoms with van der Waals surface area (Å²) in [5, 5.41) is 3.03. The Kier molecular flexibility index (Phi) is 2.51. The number of carbonyl (C=O) groups is 1. The zero-order chi connectivity index (χ0) is 11.1. The molecule has 1 unspecified atom stereocenters. The molecule has 1 saturated carbocycles. The summed E-state index contributed by atoms with van der Waals surface area (Å²) in [7, 11) is 0. The van der Waals surface area contributed by atoms with Crippen molar-refractivity contribution in [1.29, 1.82) is 0 Å². The molecule has 1 aliphatic heterocycles. The Hall–Kier alpha value is -0.610. The summed E-state index contributed by atoms with van der Waals surface area (Å²) in [6.45, 7) is 4.83. The van der Waals surface area contributed by atoms with Crippen molar-refractivity contribution in [1.82, 2.24) is 5.32 Å². The van der Waals surface area contributed by atoms with Crippen molar-refractivity contribution in [2.75, 3.05) is 6.61 Å². The lowest BCUT2D eigenvalue weighted by Gasteiger charge is -2.36. The van der Waals surface area contributed by atoms with E-state index in [9.17, 15) is 4.79 Å². The minimum absolute atomic E-state index is 0.0187. The summed E-state index contributed by atoms with van der Waals surface area (Å²) in [4.78, 5) is 11.7. The van der Waals surface area contributed by atoms with E-state index in [4.69, 9.17) is 10.5 Å². The van der Waals surface area contributed by atoms with Crippen LogP contribution in [0.15, 0.2) is 0 Å². The average molecular weight is 212 g/mol. The molecular weight excluding hydrogens is 192 g/mol. The molecule has 0 aromatic rings. The summed E-state index contributed by atoms with van der Waals surface area (Å²) < 4.78 is 5.60. The maximum absolute atomic E-state index is 11.7. The molecule has 4 heteroatoms. The molecule has 2 fully saturated rings. The van der Waals surface area contributed by atoms with Gasteiger partial charge in [0.25, 0.3) is 0 Å². The van der Waals surface area contributed by atoms with Crippen LogP contribution in [-0.4, -0.2) is 29.7 Å². The SMILES string of the molecule is CC1(C)CC(NC(=O)C2(N)CC2)CCO1. The summed E-state index contributed by atoms with van der Waals surface area (Å²) in [5.74, 6) is 0.0187. The molecule has 86 valence electrons. The third kappa shape index (κ3) is 2.49. The van der Waals surface area contributed by atoms with Gasteiger partial charge in [-0.25, -0.2) is 0 Å². The first-order valence-corrected chi connectivity index (χ1v) is 5.65. The van der Waals surface area contributed by atoms with E-state index in [1.807, 2.05) is 0 Å².